The van der Waals surface area contributed by atoms with E-state index < -0.39 is 0 Å². The Balaban J connectivity index is 0.00000225. The minimum Gasteiger partial charge on any atom is -0.398 e. The lowest BCUT2D eigenvalue weighted by atomic mass is 9.96. The summed E-state index contributed by atoms with van der Waals surface area (Å²) < 4.78 is 0. The molecule has 2 aliphatic heterocycles. The fourth-order valence-corrected chi connectivity index (χ4v) is 3.86. The average molecular weight is 400 g/mol. The van der Waals surface area contributed by atoms with Gasteiger partial charge < -0.3 is 10.6 Å². The molecular weight excluding hydrogens is 378 g/mol. The molecule has 146 valence electrons. The molecule has 6 nitrogen and oxygen atoms in total. The molecule has 2 aliphatic rings. The smallest absolute Gasteiger partial charge is 0.258 e. The maximum Gasteiger partial charge on any atom is 0.258 e. The number of halogens is 1. The van der Waals surface area contributed by atoms with Gasteiger partial charge in [-0.05, 0) is 54.7 Å². The number of fused-ring (bicyclic) bond motifs is 1. The molecule has 2 aromatic rings. The van der Waals surface area contributed by atoms with Gasteiger partial charge >= 0.3 is 0 Å². The maximum absolute atomic E-state index is 13.0. The molecule has 0 spiro atoms. The molecule has 0 saturated carbocycles. The van der Waals surface area contributed by atoms with E-state index in [9.17, 15) is 14.4 Å². The van der Waals surface area contributed by atoms with Gasteiger partial charge in [0.15, 0.2) is 0 Å². The van der Waals surface area contributed by atoms with Crippen molar-refractivity contribution in [2.45, 2.75) is 25.7 Å². The van der Waals surface area contributed by atoms with E-state index in [0.717, 1.165) is 35.3 Å². The quantitative estimate of drug-likeness (QED) is 0.612. The summed E-state index contributed by atoms with van der Waals surface area (Å²) in [5.41, 5.74) is 10.2. The van der Waals surface area contributed by atoms with Gasteiger partial charge in [-0.1, -0.05) is 18.2 Å². The van der Waals surface area contributed by atoms with E-state index in [-0.39, 0.29) is 42.5 Å². The molecule has 1 atom stereocenters. The van der Waals surface area contributed by atoms with Gasteiger partial charge in [-0.15, -0.1) is 12.4 Å². The number of rotatable bonds is 3. The molecule has 0 aliphatic carbocycles. The zero-order chi connectivity index (χ0) is 19.0. The van der Waals surface area contributed by atoms with Crippen molar-refractivity contribution in [1.82, 2.24) is 5.32 Å². The number of carbonyl (C=O) groups excluding carboxylic acids is 3. The van der Waals surface area contributed by atoms with Crippen LogP contribution in [0.25, 0.3) is 0 Å². The van der Waals surface area contributed by atoms with Crippen molar-refractivity contribution >= 4 is 41.5 Å². The van der Waals surface area contributed by atoms with Crippen molar-refractivity contribution in [2.24, 2.45) is 5.92 Å². The summed E-state index contributed by atoms with van der Waals surface area (Å²) >= 11 is 0. The highest BCUT2D eigenvalue weighted by Gasteiger charge is 2.30. The van der Waals surface area contributed by atoms with E-state index in [1.807, 2.05) is 30.3 Å². The first kappa shape index (κ1) is 19.9. The summed E-state index contributed by atoms with van der Waals surface area (Å²) in [6.07, 6.45) is 2.49. The molecule has 2 aromatic carbocycles. The van der Waals surface area contributed by atoms with Gasteiger partial charge in [0.25, 0.3) is 5.91 Å². The summed E-state index contributed by atoms with van der Waals surface area (Å²) in [6, 6.07) is 13.0. The molecule has 1 fully saturated rings. The number of nitrogens with zero attached hydrogens (tertiary/aromatic N) is 1. The van der Waals surface area contributed by atoms with E-state index in [0.29, 0.717) is 18.5 Å². The summed E-state index contributed by atoms with van der Waals surface area (Å²) in [7, 11) is 0. The topological polar surface area (TPSA) is 92.5 Å². The van der Waals surface area contributed by atoms with Crippen molar-refractivity contribution < 1.29 is 14.4 Å². The van der Waals surface area contributed by atoms with E-state index in [1.54, 1.807) is 17.0 Å². The number of anilines is 2. The van der Waals surface area contributed by atoms with Gasteiger partial charge in [0, 0.05) is 29.9 Å². The molecule has 3 amide bonds. The van der Waals surface area contributed by atoms with Crippen LogP contribution in [0.3, 0.4) is 0 Å². The first-order valence-corrected chi connectivity index (χ1v) is 9.15. The first-order chi connectivity index (χ1) is 13.0. The number of benzene rings is 2. The first-order valence-electron chi connectivity index (χ1n) is 9.15. The summed E-state index contributed by atoms with van der Waals surface area (Å²) in [5.74, 6) is -0.819. The van der Waals surface area contributed by atoms with Crippen molar-refractivity contribution in [3.63, 3.8) is 0 Å². The van der Waals surface area contributed by atoms with Crippen molar-refractivity contribution in [3.05, 3.63) is 59.2 Å². The Morgan fingerprint density at radius 3 is 2.57 bits per heavy atom. The SMILES string of the molecule is Cl.Nc1cccc2c1CCCN2C(=O)c1ccc(CC2CC(=O)NC2=O)cc1. The molecule has 0 radical (unpaired) electrons. The average Bonchev–Trinajstić information content (AvgIpc) is 2.99. The van der Waals surface area contributed by atoms with Gasteiger partial charge in [0.05, 0.1) is 5.92 Å². The molecule has 4 rings (SSSR count). The zero-order valence-electron chi connectivity index (χ0n) is 15.3. The van der Waals surface area contributed by atoms with Crippen LogP contribution in [0.4, 0.5) is 11.4 Å². The summed E-state index contributed by atoms with van der Waals surface area (Å²) in [6.45, 7) is 0.668. The highest BCUT2D eigenvalue weighted by atomic mass is 35.5. The minimum absolute atomic E-state index is 0. The van der Waals surface area contributed by atoms with E-state index >= 15 is 0 Å². The van der Waals surface area contributed by atoms with Crippen LogP contribution >= 0.6 is 12.4 Å². The Hall–Kier alpha value is -2.86. The number of hydrogen-bond donors (Lipinski definition) is 2. The Morgan fingerprint density at radius 1 is 1.14 bits per heavy atom. The van der Waals surface area contributed by atoms with Crippen LogP contribution in [0.15, 0.2) is 42.5 Å². The number of nitrogens with one attached hydrogen (secondary N) is 1. The molecule has 0 bridgehead atoms. The second-order valence-electron chi connectivity index (χ2n) is 7.12. The molecule has 1 unspecified atom stereocenters. The Bertz CT molecular complexity index is 927. The highest BCUT2D eigenvalue weighted by molar-refractivity contribution is 6.07. The highest BCUT2D eigenvalue weighted by Crippen LogP contribution is 2.32. The Kier molecular flexibility index (Phi) is 5.70. The second kappa shape index (κ2) is 8.02. The fraction of sp³-hybridized carbons (Fsp3) is 0.286. The predicted octanol–water partition coefficient (Wildman–Crippen LogP) is 2.49. The monoisotopic (exact) mass is 399 g/mol. The second-order valence-corrected chi connectivity index (χ2v) is 7.12. The molecule has 0 aromatic heterocycles. The van der Waals surface area contributed by atoms with Crippen LogP contribution in [0.1, 0.15) is 34.3 Å². The number of amides is 3. The van der Waals surface area contributed by atoms with Crippen molar-refractivity contribution in [1.29, 1.82) is 0 Å². The van der Waals surface area contributed by atoms with Crippen molar-refractivity contribution in [2.75, 3.05) is 17.2 Å². The molecule has 1 saturated heterocycles. The number of imide groups is 1. The largest absolute Gasteiger partial charge is 0.398 e. The Morgan fingerprint density at radius 2 is 1.89 bits per heavy atom. The number of carbonyl (C=O) groups is 3. The molecule has 2 heterocycles. The third kappa shape index (κ3) is 3.73. The minimum atomic E-state index is -0.323. The lowest BCUT2D eigenvalue weighted by Gasteiger charge is -2.30. The lowest BCUT2D eigenvalue weighted by Crippen LogP contribution is -2.35. The Labute approximate surface area is 169 Å². The lowest BCUT2D eigenvalue weighted by molar-refractivity contribution is -0.125. The van der Waals surface area contributed by atoms with Crippen molar-refractivity contribution in [3.8, 4) is 0 Å². The fourth-order valence-electron chi connectivity index (χ4n) is 3.86. The third-order valence-electron chi connectivity index (χ3n) is 5.28. The van der Waals surface area contributed by atoms with E-state index in [4.69, 9.17) is 5.73 Å². The van der Waals surface area contributed by atoms with Crippen LogP contribution in [-0.4, -0.2) is 24.3 Å². The van der Waals surface area contributed by atoms with E-state index in [1.165, 1.54) is 0 Å². The maximum atomic E-state index is 13.0. The van der Waals surface area contributed by atoms with Gasteiger partial charge in [-0.25, -0.2) is 0 Å². The third-order valence-corrected chi connectivity index (χ3v) is 5.28. The molecule has 7 heteroatoms. The summed E-state index contributed by atoms with van der Waals surface area (Å²) in [5, 5.41) is 2.32. The van der Waals surface area contributed by atoms with Crippen LogP contribution in [-0.2, 0) is 22.4 Å². The normalized spacial score (nSPS) is 18.3. The predicted molar refractivity (Wildman–Crippen MR) is 110 cm³/mol. The van der Waals surface area contributed by atoms with Crippen LogP contribution in [0, 0.1) is 5.92 Å². The van der Waals surface area contributed by atoms with Gasteiger partial charge in [0.2, 0.25) is 11.8 Å². The summed E-state index contributed by atoms with van der Waals surface area (Å²) in [4.78, 5) is 37.8. The van der Waals surface area contributed by atoms with Gasteiger partial charge in [-0.2, -0.15) is 0 Å². The zero-order valence-corrected chi connectivity index (χ0v) is 16.1. The molecule has 28 heavy (non-hydrogen) atoms. The van der Waals surface area contributed by atoms with E-state index in [2.05, 4.69) is 5.32 Å². The van der Waals surface area contributed by atoms with Crippen LogP contribution < -0.4 is 16.0 Å². The molecular formula is C21H22ClN3O3. The van der Waals surface area contributed by atoms with Crippen LogP contribution in [0.2, 0.25) is 0 Å². The number of hydrogen-bond acceptors (Lipinski definition) is 4. The standard InChI is InChI=1S/C21H21N3O3.ClH/c22-17-4-1-5-18-16(17)3-2-10-24(18)21(27)14-8-6-13(7-9-14)11-15-12-19(25)23-20(15)26;/h1,4-9,15H,2-3,10-12,22H2,(H,23,25,26);1H. The van der Waals surface area contributed by atoms with Gasteiger partial charge in [0.1, 0.15) is 0 Å². The number of nitrogen functional groups attached to an aromatic ring is 1. The number of nitrogens with two attached hydrogens (primary N) is 1. The molecule has 3 N–H and O–H groups in total. The van der Waals surface area contributed by atoms with Gasteiger partial charge in [-0.3, -0.25) is 19.7 Å². The van der Waals surface area contributed by atoms with Crippen LogP contribution in [0.5, 0.6) is 0 Å².